The Morgan fingerprint density at radius 3 is 2.21 bits per heavy atom. The van der Waals surface area contributed by atoms with Crippen LogP contribution < -0.4 is 19.3 Å². The molecular weight excluding hydrogens is 416 g/mol. The summed E-state index contributed by atoms with van der Waals surface area (Å²) in [6, 6.07) is 23.5. The minimum atomic E-state index is -0.791. The second kappa shape index (κ2) is 9.61. The van der Waals surface area contributed by atoms with E-state index < -0.39 is 6.04 Å². The monoisotopic (exact) mass is 442 g/mol. The molecule has 3 aromatic carbocycles. The average Bonchev–Trinajstić information content (AvgIpc) is 2.85. The molecule has 33 heavy (non-hydrogen) atoms. The Morgan fingerprint density at radius 2 is 1.58 bits per heavy atom. The maximum absolute atomic E-state index is 13.9. The molecule has 4 rings (SSSR count). The zero-order chi connectivity index (χ0) is 23.4. The van der Waals surface area contributed by atoms with E-state index in [1.54, 1.807) is 30.2 Å². The Labute approximate surface area is 193 Å². The van der Waals surface area contributed by atoms with E-state index in [1.165, 1.54) is 12.0 Å². The summed E-state index contributed by atoms with van der Waals surface area (Å²) >= 11 is 0. The number of carbonyl (C=O) groups is 2. The largest absolute Gasteiger partial charge is 0.497 e. The van der Waals surface area contributed by atoms with Crippen LogP contribution in [0.4, 0.5) is 11.4 Å². The van der Waals surface area contributed by atoms with E-state index in [1.807, 2.05) is 73.7 Å². The standard InChI is InChI=1S/C27H26N2O4/c1-19(16-20-10-6-4-7-11-20)26-27(31)28(23-15-14-22(32-2)17-24(23)33-3)18-25(30)29(26)21-12-8-5-9-13-21/h4-17,26H,18H2,1-3H3. The molecule has 1 heterocycles. The van der Waals surface area contributed by atoms with E-state index in [-0.39, 0.29) is 18.4 Å². The van der Waals surface area contributed by atoms with Crippen molar-refractivity contribution in [3.63, 3.8) is 0 Å². The molecule has 6 nitrogen and oxygen atoms in total. The molecule has 0 N–H and O–H groups in total. The van der Waals surface area contributed by atoms with Crippen molar-refractivity contribution in [2.75, 3.05) is 30.6 Å². The van der Waals surface area contributed by atoms with Crippen molar-refractivity contribution in [3.8, 4) is 11.5 Å². The molecule has 1 aliphatic heterocycles. The van der Waals surface area contributed by atoms with E-state index >= 15 is 0 Å². The van der Waals surface area contributed by atoms with E-state index in [0.717, 1.165) is 11.1 Å². The maximum Gasteiger partial charge on any atom is 0.255 e. The summed E-state index contributed by atoms with van der Waals surface area (Å²) in [5.74, 6) is 0.692. The van der Waals surface area contributed by atoms with E-state index in [9.17, 15) is 9.59 Å². The molecule has 1 fully saturated rings. The molecule has 0 radical (unpaired) electrons. The molecule has 1 atom stereocenters. The highest BCUT2D eigenvalue weighted by atomic mass is 16.5. The van der Waals surface area contributed by atoms with Crippen LogP contribution in [0.3, 0.4) is 0 Å². The summed E-state index contributed by atoms with van der Waals surface area (Å²) in [7, 11) is 3.10. The molecule has 168 valence electrons. The van der Waals surface area contributed by atoms with Crippen LogP contribution in [0.2, 0.25) is 0 Å². The van der Waals surface area contributed by atoms with Crippen LogP contribution in [0, 0.1) is 0 Å². The van der Waals surface area contributed by atoms with Gasteiger partial charge in [-0.25, -0.2) is 0 Å². The molecule has 1 unspecified atom stereocenters. The second-order valence-electron chi connectivity index (χ2n) is 7.76. The second-order valence-corrected chi connectivity index (χ2v) is 7.76. The number of carbonyl (C=O) groups excluding carboxylic acids is 2. The van der Waals surface area contributed by atoms with Crippen molar-refractivity contribution in [2.24, 2.45) is 0 Å². The van der Waals surface area contributed by atoms with Gasteiger partial charge in [-0.05, 0) is 42.3 Å². The third kappa shape index (κ3) is 4.46. The number of piperazine rings is 1. The molecular formula is C27H26N2O4. The first-order valence-corrected chi connectivity index (χ1v) is 10.7. The number of ether oxygens (including phenoxy) is 2. The SMILES string of the molecule is COc1ccc(N2CC(=O)N(c3ccccc3)C(C(C)=Cc3ccccc3)C2=O)c(OC)c1. The minimum Gasteiger partial charge on any atom is -0.497 e. The van der Waals surface area contributed by atoms with Gasteiger partial charge in [-0.15, -0.1) is 0 Å². The molecule has 2 amide bonds. The Kier molecular flexibility index (Phi) is 6.45. The van der Waals surface area contributed by atoms with Crippen molar-refractivity contribution < 1.29 is 19.1 Å². The molecule has 0 aromatic heterocycles. The zero-order valence-electron chi connectivity index (χ0n) is 18.9. The van der Waals surface area contributed by atoms with Crippen LogP contribution in [0.5, 0.6) is 11.5 Å². The number of para-hydroxylation sites is 1. The van der Waals surface area contributed by atoms with Crippen molar-refractivity contribution in [1.82, 2.24) is 0 Å². The maximum atomic E-state index is 13.9. The van der Waals surface area contributed by atoms with Gasteiger partial charge in [-0.2, -0.15) is 0 Å². The van der Waals surface area contributed by atoms with Gasteiger partial charge >= 0.3 is 0 Å². The summed E-state index contributed by atoms with van der Waals surface area (Å²) in [5.41, 5.74) is 2.94. The fraction of sp³-hybridized carbons (Fsp3) is 0.185. The Bertz CT molecular complexity index is 1180. The van der Waals surface area contributed by atoms with Gasteiger partial charge in [0.05, 0.1) is 19.9 Å². The summed E-state index contributed by atoms with van der Waals surface area (Å²) in [6.45, 7) is 1.79. The Balaban J connectivity index is 1.80. The zero-order valence-corrected chi connectivity index (χ0v) is 18.9. The normalized spacial score (nSPS) is 16.7. The lowest BCUT2D eigenvalue weighted by atomic mass is 9.98. The number of rotatable bonds is 6. The molecule has 6 heteroatoms. The third-order valence-corrected chi connectivity index (χ3v) is 5.66. The summed E-state index contributed by atoms with van der Waals surface area (Å²) < 4.78 is 10.8. The summed E-state index contributed by atoms with van der Waals surface area (Å²) in [4.78, 5) is 30.4. The van der Waals surface area contributed by atoms with Gasteiger partial charge in [0.1, 0.15) is 24.1 Å². The highest BCUT2D eigenvalue weighted by Crippen LogP contribution is 2.36. The number of hydrogen-bond acceptors (Lipinski definition) is 4. The number of benzene rings is 3. The van der Waals surface area contributed by atoms with Crippen LogP contribution in [-0.2, 0) is 9.59 Å². The minimum absolute atomic E-state index is 0.0917. The molecule has 1 saturated heterocycles. The van der Waals surface area contributed by atoms with E-state index in [0.29, 0.717) is 22.9 Å². The molecule has 0 spiro atoms. The quantitative estimate of drug-likeness (QED) is 0.562. The van der Waals surface area contributed by atoms with Gasteiger partial charge in [0.25, 0.3) is 5.91 Å². The van der Waals surface area contributed by atoms with Gasteiger partial charge in [0.15, 0.2) is 0 Å². The lowest BCUT2D eigenvalue weighted by molar-refractivity contribution is -0.127. The fourth-order valence-electron chi connectivity index (χ4n) is 4.07. The van der Waals surface area contributed by atoms with E-state index in [2.05, 4.69) is 0 Å². The van der Waals surface area contributed by atoms with Crippen LogP contribution in [0.25, 0.3) is 6.08 Å². The summed E-state index contributed by atoms with van der Waals surface area (Å²) in [5, 5.41) is 0. The van der Waals surface area contributed by atoms with Gasteiger partial charge in [-0.1, -0.05) is 54.6 Å². The molecule has 0 saturated carbocycles. The molecule has 3 aromatic rings. The number of methoxy groups -OCH3 is 2. The first kappa shape index (κ1) is 22.1. The third-order valence-electron chi connectivity index (χ3n) is 5.66. The highest BCUT2D eigenvalue weighted by molar-refractivity contribution is 6.16. The number of anilines is 2. The van der Waals surface area contributed by atoms with E-state index in [4.69, 9.17) is 9.47 Å². The van der Waals surface area contributed by atoms with Gasteiger partial charge in [0, 0.05) is 11.8 Å². The average molecular weight is 443 g/mol. The molecule has 0 bridgehead atoms. The first-order chi connectivity index (χ1) is 16.0. The number of amides is 2. The van der Waals surface area contributed by atoms with Crippen molar-refractivity contribution >= 4 is 29.3 Å². The topological polar surface area (TPSA) is 59.1 Å². The van der Waals surface area contributed by atoms with Gasteiger partial charge < -0.3 is 9.47 Å². The van der Waals surface area contributed by atoms with Crippen molar-refractivity contribution in [2.45, 2.75) is 13.0 Å². The smallest absolute Gasteiger partial charge is 0.255 e. The fourth-order valence-corrected chi connectivity index (χ4v) is 4.07. The Morgan fingerprint density at radius 1 is 0.909 bits per heavy atom. The van der Waals surface area contributed by atoms with Gasteiger partial charge in [0.2, 0.25) is 5.91 Å². The van der Waals surface area contributed by atoms with Crippen molar-refractivity contribution in [1.29, 1.82) is 0 Å². The van der Waals surface area contributed by atoms with Crippen LogP contribution in [-0.4, -0.2) is 38.6 Å². The Hall–Kier alpha value is -4.06. The highest BCUT2D eigenvalue weighted by Gasteiger charge is 2.42. The first-order valence-electron chi connectivity index (χ1n) is 10.7. The van der Waals surface area contributed by atoms with Crippen LogP contribution in [0.15, 0.2) is 84.4 Å². The lowest BCUT2D eigenvalue weighted by Gasteiger charge is -2.41. The summed E-state index contributed by atoms with van der Waals surface area (Å²) in [6.07, 6.45) is 1.94. The predicted octanol–water partition coefficient (Wildman–Crippen LogP) is 4.56. The van der Waals surface area contributed by atoms with Crippen LogP contribution >= 0.6 is 0 Å². The number of hydrogen-bond donors (Lipinski definition) is 0. The lowest BCUT2D eigenvalue weighted by Crippen LogP contribution is -2.61. The van der Waals surface area contributed by atoms with Crippen molar-refractivity contribution in [3.05, 3.63) is 90.0 Å². The van der Waals surface area contributed by atoms with Gasteiger partial charge in [-0.3, -0.25) is 19.4 Å². The predicted molar refractivity (Wildman–Crippen MR) is 130 cm³/mol. The number of nitrogens with zero attached hydrogens (tertiary/aromatic N) is 2. The molecule has 1 aliphatic rings. The van der Waals surface area contributed by atoms with Crippen LogP contribution in [0.1, 0.15) is 12.5 Å². The molecule has 0 aliphatic carbocycles.